The average molecular weight is 208 g/mol. The van der Waals surface area contributed by atoms with Crippen LogP contribution in [0.3, 0.4) is 0 Å². The molecule has 0 amide bonds. The van der Waals surface area contributed by atoms with E-state index in [0.717, 1.165) is 12.8 Å². The normalized spacial score (nSPS) is 44.5. The Hall–Kier alpha value is -0.300. The summed E-state index contributed by atoms with van der Waals surface area (Å²) in [5.41, 5.74) is 1.97. The van der Waals surface area contributed by atoms with Crippen molar-refractivity contribution >= 4 is 0 Å². The molecule has 0 aromatic rings. The lowest BCUT2D eigenvalue weighted by molar-refractivity contribution is -0.0838. The van der Waals surface area contributed by atoms with Gasteiger partial charge in [0, 0.05) is 0 Å². The van der Waals surface area contributed by atoms with E-state index in [-0.39, 0.29) is 11.5 Å². The summed E-state index contributed by atoms with van der Waals surface area (Å²) in [5.74, 6) is 0.650. The van der Waals surface area contributed by atoms with Crippen LogP contribution in [0.5, 0.6) is 0 Å². The number of aliphatic hydroxyl groups is 1. The fraction of sp³-hybridized carbons (Fsp3) is 0.857. The van der Waals surface area contributed by atoms with Gasteiger partial charge in [0.1, 0.15) is 0 Å². The van der Waals surface area contributed by atoms with Crippen LogP contribution in [0, 0.1) is 16.7 Å². The molecule has 1 fully saturated rings. The Morgan fingerprint density at radius 2 is 1.93 bits per heavy atom. The molecule has 0 spiro atoms. The van der Waals surface area contributed by atoms with Gasteiger partial charge in [-0.3, -0.25) is 0 Å². The molecule has 1 heteroatoms. The zero-order valence-corrected chi connectivity index (χ0v) is 10.5. The zero-order chi connectivity index (χ0) is 11.3. The van der Waals surface area contributed by atoms with Crippen LogP contribution in [0.25, 0.3) is 0 Å². The number of hydrogen-bond acceptors (Lipinski definition) is 1. The Balaban J connectivity index is 2.35. The molecule has 86 valence electrons. The summed E-state index contributed by atoms with van der Waals surface area (Å²) in [7, 11) is 0. The van der Waals surface area contributed by atoms with E-state index in [1.54, 1.807) is 5.57 Å². The lowest BCUT2D eigenvalue weighted by atomic mass is 9.52. The topological polar surface area (TPSA) is 20.2 Å². The number of aliphatic hydroxyl groups excluding tert-OH is 1. The van der Waals surface area contributed by atoms with Crippen molar-refractivity contribution in [2.75, 3.05) is 0 Å². The molecule has 0 heterocycles. The predicted molar refractivity (Wildman–Crippen MR) is 63.6 cm³/mol. The van der Waals surface area contributed by atoms with Crippen molar-refractivity contribution in [3.05, 3.63) is 11.6 Å². The van der Waals surface area contributed by atoms with E-state index in [0.29, 0.717) is 11.3 Å². The van der Waals surface area contributed by atoms with Gasteiger partial charge in [-0.15, -0.1) is 0 Å². The van der Waals surface area contributed by atoms with Gasteiger partial charge in [-0.25, -0.2) is 0 Å². The minimum atomic E-state index is -0.109. The molecule has 2 aliphatic carbocycles. The Labute approximate surface area is 93.6 Å². The summed E-state index contributed by atoms with van der Waals surface area (Å²) in [4.78, 5) is 0. The Bertz CT molecular complexity index is 290. The molecule has 0 aliphatic heterocycles. The molecule has 0 unspecified atom stereocenters. The zero-order valence-electron chi connectivity index (χ0n) is 10.5. The van der Waals surface area contributed by atoms with Crippen molar-refractivity contribution in [3.63, 3.8) is 0 Å². The van der Waals surface area contributed by atoms with Crippen LogP contribution in [0.2, 0.25) is 0 Å². The third-order valence-electron chi connectivity index (χ3n) is 4.91. The first-order valence-electron chi connectivity index (χ1n) is 6.23. The van der Waals surface area contributed by atoms with E-state index in [2.05, 4.69) is 33.8 Å². The highest BCUT2D eigenvalue weighted by Gasteiger charge is 2.50. The second-order valence-electron chi connectivity index (χ2n) is 6.46. The maximum atomic E-state index is 10.1. The smallest absolute Gasteiger partial charge is 0.0594 e. The van der Waals surface area contributed by atoms with Crippen LogP contribution >= 0.6 is 0 Å². The van der Waals surface area contributed by atoms with Crippen molar-refractivity contribution in [2.45, 2.75) is 59.5 Å². The van der Waals surface area contributed by atoms with Gasteiger partial charge in [0.05, 0.1) is 6.10 Å². The van der Waals surface area contributed by atoms with Crippen LogP contribution in [0.15, 0.2) is 11.6 Å². The maximum absolute atomic E-state index is 10.1. The second-order valence-corrected chi connectivity index (χ2v) is 6.46. The summed E-state index contributed by atoms with van der Waals surface area (Å²) in [6, 6.07) is 0. The lowest BCUT2D eigenvalue weighted by Gasteiger charge is -2.54. The fourth-order valence-electron chi connectivity index (χ4n) is 3.96. The molecule has 0 aromatic carbocycles. The molecule has 0 radical (unpaired) electrons. The second kappa shape index (κ2) is 3.35. The van der Waals surface area contributed by atoms with E-state index >= 15 is 0 Å². The summed E-state index contributed by atoms with van der Waals surface area (Å²) >= 11 is 0. The fourth-order valence-corrected chi connectivity index (χ4v) is 3.96. The van der Waals surface area contributed by atoms with E-state index < -0.39 is 0 Å². The molecule has 2 rings (SSSR count). The van der Waals surface area contributed by atoms with Crippen molar-refractivity contribution in [3.8, 4) is 0 Å². The maximum Gasteiger partial charge on any atom is 0.0594 e. The number of rotatable bonds is 0. The molecule has 0 aromatic heterocycles. The molecule has 15 heavy (non-hydrogen) atoms. The highest BCUT2D eigenvalue weighted by Crippen LogP contribution is 2.56. The Kier molecular flexibility index (Phi) is 2.50. The quantitative estimate of drug-likeness (QED) is 0.604. The Morgan fingerprint density at radius 1 is 1.27 bits per heavy atom. The molecule has 0 bridgehead atoms. The lowest BCUT2D eigenvalue weighted by Crippen LogP contribution is -2.50. The molecular weight excluding hydrogens is 184 g/mol. The van der Waals surface area contributed by atoms with Gasteiger partial charge in [-0.1, -0.05) is 32.4 Å². The molecule has 1 saturated carbocycles. The third kappa shape index (κ3) is 1.65. The molecule has 1 N–H and O–H groups in total. The third-order valence-corrected chi connectivity index (χ3v) is 4.91. The SMILES string of the molecule is CC1=C[C@@]2(C)CC[C@H](O)C(C)(C)[C@@H]2CC1. The van der Waals surface area contributed by atoms with Crippen molar-refractivity contribution < 1.29 is 5.11 Å². The highest BCUT2D eigenvalue weighted by molar-refractivity contribution is 5.17. The van der Waals surface area contributed by atoms with Crippen molar-refractivity contribution in [1.82, 2.24) is 0 Å². The summed E-state index contributed by atoms with van der Waals surface area (Å²) < 4.78 is 0. The van der Waals surface area contributed by atoms with Gasteiger partial charge in [0.15, 0.2) is 0 Å². The standard InChI is InChI=1S/C14H24O/c1-10-5-6-11-13(2,3)12(15)7-8-14(11,4)9-10/h9,11-12,15H,5-8H2,1-4H3/t11-,12-,14+/m0/s1. The number of allylic oxidation sites excluding steroid dienone is 2. The van der Waals surface area contributed by atoms with E-state index in [1.165, 1.54) is 12.8 Å². The van der Waals surface area contributed by atoms with Crippen molar-refractivity contribution in [1.29, 1.82) is 0 Å². The first-order valence-corrected chi connectivity index (χ1v) is 6.23. The van der Waals surface area contributed by atoms with Crippen molar-refractivity contribution in [2.24, 2.45) is 16.7 Å². The van der Waals surface area contributed by atoms with Crippen LogP contribution in [-0.2, 0) is 0 Å². The largest absolute Gasteiger partial charge is 0.393 e. The first kappa shape index (κ1) is 11.2. The van der Waals surface area contributed by atoms with Gasteiger partial charge in [-0.2, -0.15) is 0 Å². The van der Waals surface area contributed by atoms with Crippen LogP contribution in [0.4, 0.5) is 0 Å². The molecule has 2 aliphatic rings. The number of fused-ring (bicyclic) bond motifs is 1. The van der Waals surface area contributed by atoms with E-state index in [1.807, 2.05) is 0 Å². The van der Waals surface area contributed by atoms with E-state index in [9.17, 15) is 5.11 Å². The van der Waals surface area contributed by atoms with Gasteiger partial charge in [0.25, 0.3) is 0 Å². The minimum absolute atomic E-state index is 0.0875. The molecule has 3 atom stereocenters. The molecule has 0 saturated heterocycles. The molecular formula is C14H24O. The Morgan fingerprint density at radius 3 is 2.60 bits per heavy atom. The highest BCUT2D eigenvalue weighted by atomic mass is 16.3. The van der Waals surface area contributed by atoms with Crippen LogP contribution < -0.4 is 0 Å². The van der Waals surface area contributed by atoms with Gasteiger partial charge >= 0.3 is 0 Å². The van der Waals surface area contributed by atoms with Crippen LogP contribution in [-0.4, -0.2) is 11.2 Å². The molecule has 1 nitrogen and oxygen atoms in total. The van der Waals surface area contributed by atoms with Gasteiger partial charge < -0.3 is 5.11 Å². The monoisotopic (exact) mass is 208 g/mol. The summed E-state index contributed by atoms with van der Waals surface area (Å²) in [6.07, 6.45) is 6.96. The van der Waals surface area contributed by atoms with Crippen LogP contribution in [0.1, 0.15) is 53.4 Å². The van der Waals surface area contributed by atoms with Gasteiger partial charge in [0.2, 0.25) is 0 Å². The summed E-state index contributed by atoms with van der Waals surface area (Å²) in [6.45, 7) is 9.12. The first-order chi connectivity index (χ1) is 6.86. The summed E-state index contributed by atoms with van der Waals surface area (Å²) in [5, 5.41) is 10.1. The minimum Gasteiger partial charge on any atom is -0.393 e. The van der Waals surface area contributed by atoms with E-state index in [4.69, 9.17) is 0 Å². The number of hydrogen-bond donors (Lipinski definition) is 1. The predicted octanol–water partition coefficient (Wildman–Crippen LogP) is 3.53. The van der Waals surface area contributed by atoms with Gasteiger partial charge in [-0.05, 0) is 49.4 Å². The average Bonchev–Trinajstić information content (AvgIpc) is 2.11.